The van der Waals surface area contributed by atoms with Crippen molar-refractivity contribution in [1.82, 2.24) is 14.9 Å². The van der Waals surface area contributed by atoms with Crippen molar-refractivity contribution in [1.29, 1.82) is 0 Å². The standard InChI is InChI=1S/C21H22FN3O4S/c1-21(24-13-30(28,29)15-6-4-14(22)5-7-15)9-8-17-16(11-21)20-18(3-2-10-23-20)25(17)12-19(26)27/h2-7,10,24H,8-9,11-13H2,1H3,(H,26,27). The van der Waals surface area contributed by atoms with Crippen molar-refractivity contribution in [3.63, 3.8) is 0 Å². The van der Waals surface area contributed by atoms with E-state index in [9.17, 15) is 22.7 Å². The summed E-state index contributed by atoms with van der Waals surface area (Å²) in [5.41, 5.74) is 2.91. The fourth-order valence-corrected chi connectivity index (χ4v) is 5.35. The van der Waals surface area contributed by atoms with E-state index in [0.717, 1.165) is 34.4 Å². The maximum Gasteiger partial charge on any atom is 0.323 e. The lowest BCUT2D eigenvalue weighted by Crippen LogP contribution is -2.48. The zero-order chi connectivity index (χ0) is 21.5. The Labute approximate surface area is 173 Å². The number of nitrogens with zero attached hydrogens (tertiary/aromatic N) is 2. The van der Waals surface area contributed by atoms with Crippen LogP contribution in [0, 0.1) is 5.82 Å². The molecule has 0 fully saturated rings. The molecule has 0 radical (unpaired) electrons. The maximum atomic E-state index is 13.1. The Balaban J connectivity index is 1.60. The monoisotopic (exact) mass is 431 g/mol. The molecule has 0 spiro atoms. The van der Waals surface area contributed by atoms with Gasteiger partial charge in [-0.15, -0.1) is 0 Å². The molecule has 0 aliphatic heterocycles. The second-order valence-corrected chi connectivity index (χ2v) is 9.89. The van der Waals surface area contributed by atoms with Crippen molar-refractivity contribution >= 4 is 26.8 Å². The molecule has 0 saturated heterocycles. The summed E-state index contributed by atoms with van der Waals surface area (Å²) in [6.45, 7) is 1.82. The fraction of sp³-hybridized carbons (Fsp3) is 0.333. The van der Waals surface area contributed by atoms with Crippen LogP contribution in [0.25, 0.3) is 11.0 Å². The summed E-state index contributed by atoms with van der Waals surface area (Å²) in [6.07, 6.45) is 3.46. The molecule has 2 heterocycles. The molecule has 7 nitrogen and oxygen atoms in total. The third-order valence-electron chi connectivity index (χ3n) is 5.67. The summed E-state index contributed by atoms with van der Waals surface area (Å²) in [5, 5.41) is 12.5. The van der Waals surface area contributed by atoms with Crippen molar-refractivity contribution in [2.24, 2.45) is 0 Å². The first-order valence-corrected chi connectivity index (χ1v) is 11.2. The van der Waals surface area contributed by atoms with E-state index in [-0.39, 0.29) is 17.3 Å². The van der Waals surface area contributed by atoms with Crippen molar-refractivity contribution in [3.05, 3.63) is 59.7 Å². The number of rotatable bonds is 6. The second-order valence-electron chi connectivity index (χ2n) is 7.90. The molecule has 3 aromatic rings. The van der Waals surface area contributed by atoms with Gasteiger partial charge in [-0.3, -0.25) is 15.1 Å². The van der Waals surface area contributed by atoms with Crippen molar-refractivity contribution in [2.75, 3.05) is 5.88 Å². The van der Waals surface area contributed by atoms with E-state index in [0.29, 0.717) is 19.3 Å². The second kappa shape index (κ2) is 7.48. The number of carboxylic acids is 1. The molecule has 158 valence electrons. The third kappa shape index (κ3) is 3.82. The van der Waals surface area contributed by atoms with Gasteiger partial charge in [0.15, 0.2) is 9.84 Å². The van der Waals surface area contributed by atoms with Crippen LogP contribution in [0.4, 0.5) is 4.39 Å². The molecule has 4 rings (SSSR count). The molecule has 1 aromatic carbocycles. The molecular weight excluding hydrogens is 409 g/mol. The van der Waals surface area contributed by atoms with Crippen LogP contribution in [0.5, 0.6) is 0 Å². The number of hydrogen-bond donors (Lipinski definition) is 2. The van der Waals surface area contributed by atoms with Gasteiger partial charge in [0.25, 0.3) is 0 Å². The van der Waals surface area contributed by atoms with E-state index in [1.807, 2.05) is 13.0 Å². The van der Waals surface area contributed by atoms with Crippen LogP contribution in [0.2, 0.25) is 0 Å². The lowest BCUT2D eigenvalue weighted by atomic mass is 9.82. The molecule has 0 amide bonds. The lowest BCUT2D eigenvalue weighted by Gasteiger charge is -2.35. The van der Waals surface area contributed by atoms with Gasteiger partial charge in [-0.25, -0.2) is 12.8 Å². The number of sulfone groups is 1. The van der Waals surface area contributed by atoms with Crippen LogP contribution in [-0.2, 0) is 34.0 Å². The van der Waals surface area contributed by atoms with Crippen LogP contribution in [0.15, 0.2) is 47.5 Å². The quantitative estimate of drug-likeness (QED) is 0.582. The number of aliphatic carboxylic acids is 1. The normalized spacial score (nSPS) is 19.0. The Kier molecular flexibility index (Phi) is 5.11. The van der Waals surface area contributed by atoms with Crippen LogP contribution in [-0.4, -0.2) is 40.5 Å². The van der Waals surface area contributed by atoms with Crippen LogP contribution >= 0.6 is 0 Å². The average molecular weight is 431 g/mol. The summed E-state index contributed by atoms with van der Waals surface area (Å²) in [7, 11) is -3.62. The Bertz CT molecular complexity index is 1220. The largest absolute Gasteiger partial charge is 0.480 e. The molecule has 0 saturated carbocycles. The number of nitrogens with one attached hydrogen (secondary N) is 1. The van der Waals surface area contributed by atoms with E-state index < -0.39 is 27.2 Å². The third-order valence-corrected chi connectivity index (χ3v) is 7.19. The van der Waals surface area contributed by atoms with E-state index in [2.05, 4.69) is 10.3 Å². The number of halogens is 1. The van der Waals surface area contributed by atoms with Crippen LogP contribution in [0.1, 0.15) is 24.6 Å². The highest BCUT2D eigenvalue weighted by Gasteiger charge is 2.35. The average Bonchev–Trinajstić information content (AvgIpc) is 3.00. The number of carbonyl (C=O) groups is 1. The number of fused-ring (bicyclic) bond motifs is 3. The van der Waals surface area contributed by atoms with Gasteiger partial charge in [-0.05, 0) is 62.6 Å². The summed E-state index contributed by atoms with van der Waals surface area (Å²) in [6, 6.07) is 8.41. The van der Waals surface area contributed by atoms with Gasteiger partial charge < -0.3 is 9.67 Å². The van der Waals surface area contributed by atoms with E-state index in [4.69, 9.17) is 0 Å². The summed E-state index contributed by atoms with van der Waals surface area (Å²) in [5.74, 6) is -1.68. The predicted octanol–water partition coefficient (Wildman–Crippen LogP) is 2.53. The molecule has 1 unspecified atom stereocenters. The van der Waals surface area contributed by atoms with E-state index in [1.54, 1.807) is 16.8 Å². The summed E-state index contributed by atoms with van der Waals surface area (Å²) >= 11 is 0. The Morgan fingerprint density at radius 1 is 1.30 bits per heavy atom. The van der Waals surface area contributed by atoms with Crippen LogP contribution < -0.4 is 5.32 Å². The van der Waals surface area contributed by atoms with Gasteiger partial charge in [-0.1, -0.05) is 0 Å². The topological polar surface area (TPSA) is 101 Å². The zero-order valence-electron chi connectivity index (χ0n) is 16.4. The van der Waals surface area contributed by atoms with Gasteiger partial charge in [0.05, 0.1) is 15.9 Å². The minimum absolute atomic E-state index is 0.0660. The molecular formula is C21H22FN3O4S. The Hall–Kier alpha value is -2.78. The highest BCUT2D eigenvalue weighted by molar-refractivity contribution is 7.91. The first-order valence-electron chi connectivity index (χ1n) is 9.59. The molecule has 1 aliphatic rings. The summed E-state index contributed by atoms with van der Waals surface area (Å²) in [4.78, 5) is 15.9. The number of carboxylic acid groups (broad SMARTS) is 1. The highest BCUT2D eigenvalue weighted by Crippen LogP contribution is 2.35. The van der Waals surface area contributed by atoms with Gasteiger partial charge >= 0.3 is 5.97 Å². The number of hydrogen-bond acceptors (Lipinski definition) is 5. The predicted molar refractivity (Wildman–Crippen MR) is 109 cm³/mol. The van der Waals surface area contributed by atoms with Crippen molar-refractivity contribution in [2.45, 2.75) is 43.2 Å². The molecule has 1 aliphatic carbocycles. The Morgan fingerprint density at radius 3 is 2.73 bits per heavy atom. The lowest BCUT2D eigenvalue weighted by molar-refractivity contribution is -0.137. The number of benzene rings is 1. The van der Waals surface area contributed by atoms with Gasteiger partial charge in [-0.2, -0.15) is 0 Å². The molecule has 30 heavy (non-hydrogen) atoms. The van der Waals surface area contributed by atoms with Crippen molar-refractivity contribution < 1.29 is 22.7 Å². The highest BCUT2D eigenvalue weighted by atomic mass is 32.2. The summed E-state index contributed by atoms with van der Waals surface area (Å²) < 4.78 is 40.2. The van der Waals surface area contributed by atoms with Gasteiger partial charge in [0.1, 0.15) is 18.2 Å². The molecule has 1 atom stereocenters. The van der Waals surface area contributed by atoms with E-state index in [1.165, 1.54) is 12.1 Å². The minimum Gasteiger partial charge on any atom is -0.480 e. The number of aromatic nitrogens is 2. The molecule has 9 heteroatoms. The SMILES string of the molecule is CC1(NCS(=O)(=O)c2ccc(F)cc2)CCc2c(c3ncccc3n2CC(=O)O)C1. The zero-order valence-corrected chi connectivity index (χ0v) is 17.2. The maximum absolute atomic E-state index is 13.1. The Morgan fingerprint density at radius 2 is 2.03 bits per heavy atom. The van der Waals surface area contributed by atoms with Crippen molar-refractivity contribution in [3.8, 4) is 0 Å². The smallest absolute Gasteiger partial charge is 0.323 e. The fourth-order valence-electron chi connectivity index (χ4n) is 4.10. The molecule has 2 aromatic heterocycles. The molecule has 0 bridgehead atoms. The number of pyridine rings is 1. The van der Waals surface area contributed by atoms with Gasteiger partial charge in [0.2, 0.25) is 0 Å². The first kappa shape index (κ1) is 20.5. The van der Waals surface area contributed by atoms with E-state index >= 15 is 0 Å². The first-order chi connectivity index (χ1) is 14.2. The van der Waals surface area contributed by atoms with Gasteiger partial charge in [0, 0.05) is 23.0 Å². The van der Waals surface area contributed by atoms with Crippen LogP contribution in [0.3, 0.4) is 0 Å². The molecule has 2 N–H and O–H groups in total. The minimum atomic E-state index is -3.62.